The van der Waals surface area contributed by atoms with Gasteiger partial charge in [0.15, 0.2) is 0 Å². The van der Waals surface area contributed by atoms with Gasteiger partial charge in [0.2, 0.25) is 5.95 Å². The van der Waals surface area contributed by atoms with E-state index >= 15 is 0 Å². The SMILES string of the molecule is COc1ccc2[nH]cc(CCNc3nc(N)c(C)c(-c4ccc5c(c4)cc(C)n5C)n3)c2c1. The monoisotopic (exact) mass is 440 g/mol. The third-order valence-corrected chi connectivity index (χ3v) is 6.39. The first kappa shape index (κ1) is 20.9. The number of aromatic nitrogens is 4. The normalized spacial score (nSPS) is 11.4. The molecule has 0 aliphatic heterocycles. The number of hydrogen-bond acceptors (Lipinski definition) is 5. The van der Waals surface area contributed by atoms with Crippen molar-refractivity contribution in [1.29, 1.82) is 0 Å². The second-order valence-corrected chi connectivity index (χ2v) is 8.43. The van der Waals surface area contributed by atoms with E-state index in [1.54, 1.807) is 7.11 Å². The second-order valence-electron chi connectivity index (χ2n) is 8.43. The van der Waals surface area contributed by atoms with Crippen molar-refractivity contribution in [2.45, 2.75) is 20.3 Å². The number of aryl methyl sites for hydroxylation is 2. The number of hydrogen-bond donors (Lipinski definition) is 3. The Labute approximate surface area is 192 Å². The van der Waals surface area contributed by atoms with Gasteiger partial charge in [0, 0.05) is 58.4 Å². The van der Waals surface area contributed by atoms with E-state index in [1.807, 2.05) is 25.3 Å². The lowest BCUT2D eigenvalue weighted by molar-refractivity contribution is 0.415. The van der Waals surface area contributed by atoms with Crippen molar-refractivity contribution in [3.8, 4) is 17.0 Å². The van der Waals surface area contributed by atoms with Crippen molar-refractivity contribution in [1.82, 2.24) is 19.5 Å². The second kappa shape index (κ2) is 8.16. The van der Waals surface area contributed by atoms with Gasteiger partial charge in [-0.2, -0.15) is 4.98 Å². The average Bonchev–Trinajstić information content (AvgIpc) is 3.35. The summed E-state index contributed by atoms with van der Waals surface area (Å²) >= 11 is 0. The number of nitrogen functional groups attached to an aromatic ring is 1. The van der Waals surface area contributed by atoms with Gasteiger partial charge in [0.1, 0.15) is 11.6 Å². The molecule has 0 saturated heterocycles. The van der Waals surface area contributed by atoms with Crippen LogP contribution in [0.1, 0.15) is 16.8 Å². The summed E-state index contributed by atoms with van der Waals surface area (Å²) in [6, 6.07) is 14.6. The summed E-state index contributed by atoms with van der Waals surface area (Å²) in [7, 11) is 3.76. The number of ether oxygens (including phenoxy) is 1. The molecule has 0 saturated carbocycles. The average molecular weight is 441 g/mol. The zero-order valence-corrected chi connectivity index (χ0v) is 19.4. The molecule has 0 spiro atoms. The maximum Gasteiger partial charge on any atom is 0.225 e. The molecule has 168 valence electrons. The molecule has 0 radical (unpaired) electrons. The number of nitrogens with one attached hydrogen (secondary N) is 2. The molecular formula is C26H28N6O. The van der Waals surface area contributed by atoms with Crippen LogP contribution in [0.25, 0.3) is 33.1 Å². The molecule has 7 nitrogen and oxygen atoms in total. The molecule has 2 aromatic carbocycles. The highest BCUT2D eigenvalue weighted by Gasteiger charge is 2.13. The number of H-pyrrole nitrogens is 1. The van der Waals surface area contributed by atoms with Crippen LogP contribution in [0.4, 0.5) is 11.8 Å². The van der Waals surface area contributed by atoms with Gasteiger partial charge in [0.25, 0.3) is 0 Å². The zero-order chi connectivity index (χ0) is 23.1. The Bertz CT molecular complexity index is 1480. The highest BCUT2D eigenvalue weighted by atomic mass is 16.5. The fourth-order valence-corrected chi connectivity index (χ4v) is 4.33. The molecule has 7 heteroatoms. The largest absolute Gasteiger partial charge is 0.497 e. The molecule has 5 rings (SSSR count). The number of benzene rings is 2. The van der Waals surface area contributed by atoms with Gasteiger partial charge in [-0.3, -0.25) is 0 Å². The van der Waals surface area contributed by atoms with E-state index < -0.39 is 0 Å². The molecule has 0 fully saturated rings. The number of anilines is 2. The standard InChI is InChI=1S/C26H28N6O/c1-15-11-19-12-17(5-8-23(19)32(15)3)24-16(2)25(27)31-26(30-24)28-10-9-18-14-29-22-7-6-20(33-4)13-21(18)22/h5-8,11-14,29H,9-10H2,1-4H3,(H3,27,28,30,31). The number of rotatable bonds is 6. The molecule has 0 amide bonds. The van der Waals surface area contributed by atoms with Gasteiger partial charge in [-0.05, 0) is 62.2 Å². The molecule has 33 heavy (non-hydrogen) atoms. The quantitative estimate of drug-likeness (QED) is 0.346. The molecule has 3 aromatic heterocycles. The maximum absolute atomic E-state index is 6.26. The van der Waals surface area contributed by atoms with Gasteiger partial charge in [-0.1, -0.05) is 6.07 Å². The van der Waals surface area contributed by atoms with Crippen molar-refractivity contribution in [2.24, 2.45) is 7.05 Å². The fraction of sp³-hybridized carbons (Fsp3) is 0.231. The molecule has 0 bridgehead atoms. The molecule has 0 aliphatic rings. The minimum Gasteiger partial charge on any atom is -0.497 e. The summed E-state index contributed by atoms with van der Waals surface area (Å²) < 4.78 is 7.56. The first-order valence-electron chi connectivity index (χ1n) is 11.0. The van der Waals surface area contributed by atoms with Gasteiger partial charge in [0.05, 0.1) is 12.8 Å². The third-order valence-electron chi connectivity index (χ3n) is 6.39. The predicted octanol–water partition coefficient (Wildman–Crippen LogP) is 4.98. The number of nitrogens with two attached hydrogens (primary N) is 1. The molecule has 0 aliphatic carbocycles. The van der Waals surface area contributed by atoms with Crippen molar-refractivity contribution < 1.29 is 4.74 Å². The topological polar surface area (TPSA) is 93.8 Å². The number of nitrogens with zero attached hydrogens (tertiary/aromatic N) is 3. The van der Waals surface area contributed by atoms with E-state index in [2.05, 4.69) is 64.2 Å². The summed E-state index contributed by atoms with van der Waals surface area (Å²) in [5.74, 6) is 1.87. The van der Waals surface area contributed by atoms with Crippen LogP contribution in [0.2, 0.25) is 0 Å². The number of aromatic amines is 1. The van der Waals surface area contributed by atoms with Crippen LogP contribution < -0.4 is 15.8 Å². The van der Waals surface area contributed by atoms with Crippen LogP contribution in [-0.4, -0.2) is 33.2 Å². The zero-order valence-electron chi connectivity index (χ0n) is 19.4. The molecule has 4 N–H and O–H groups in total. The lowest BCUT2D eigenvalue weighted by Gasteiger charge is -2.12. The summed E-state index contributed by atoms with van der Waals surface area (Å²) in [5, 5.41) is 5.70. The Morgan fingerprint density at radius 1 is 1.09 bits per heavy atom. The lowest BCUT2D eigenvalue weighted by atomic mass is 10.1. The van der Waals surface area contributed by atoms with Gasteiger partial charge in [-0.25, -0.2) is 4.98 Å². The van der Waals surface area contributed by atoms with Crippen LogP contribution in [0.3, 0.4) is 0 Å². The lowest BCUT2D eigenvalue weighted by Crippen LogP contribution is -2.10. The molecule has 5 aromatic rings. The van der Waals surface area contributed by atoms with Crippen molar-refractivity contribution in [2.75, 3.05) is 24.7 Å². The van der Waals surface area contributed by atoms with E-state index in [1.165, 1.54) is 22.2 Å². The summed E-state index contributed by atoms with van der Waals surface area (Å²) in [6.45, 7) is 4.76. The van der Waals surface area contributed by atoms with Crippen LogP contribution in [0.5, 0.6) is 5.75 Å². The Morgan fingerprint density at radius 2 is 1.94 bits per heavy atom. The predicted molar refractivity (Wildman–Crippen MR) is 135 cm³/mol. The van der Waals surface area contributed by atoms with Gasteiger partial charge >= 0.3 is 0 Å². The first-order chi connectivity index (χ1) is 15.9. The molecular weight excluding hydrogens is 412 g/mol. The summed E-state index contributed by atoms with van der Waals surface area (Å²) in [6.07, 6.45) is 2.85. The molecule has 0 unspecified atom stereocenters. The van der Waals surface area contributed by atoms with Crippen LogP contribution >= 0.6 is 0 Å². The number of methoxy groups -OCH3 is 1. The summed E-state index contributed by atoms with van der Waals surface area (Å²) in [4.78, 5) is 12.6. The van der Waals surface area contributed by atoms with E-state index in [0.29, 0.717) is 18.3 Å². The first-order valence-corrected chi connectivity index (χ1v) is 11.0. The Kier molecular flexibility index (Phi) is 5.17. The minimum atomic E-state index is 0.490. The Balaban J connectivity index is 1.39. The Hall–Kier alpha value is -4.00. The van der Waals surface area contributed by atoms with Gasteiger partial charge in [-0.15, -0.1) is 0 Å². The molecule has 0 atom stereocenters. The van der Waals surface area contributed by atoms with Crippen molar-refractivity contribution in [3.05, 3.63) is 65.5 Å². The number of fused-ring (bicyclic) bond motifs is 2. The van der Waals surface area contributed by atoms with E-state index in [-0.39, 0.29) is 0 Å². The van der Waals surface area contributed by atoms with Crippen molar-refractivity contribution in [3.63, 3.8) is 0 Å². The fourth-order valence-electron chi connectivity index (χ4n) is 4.33. The van der Waals surface area contributed by atoms with E-state index in [9.17, 15) is 0 Å². The highest BCUT2D eigenvalue weighted by Crippen LogP contribution is 2.30. The maximum atomic E-state index is 6.26. The molecule has 3 heterocycles. The van der Waals surface area contributed by atoms with Crippen LogP contribution in [-0.2, 0) is 13.5 Å². The highest BCUT2D eigenvalue weighted by molar-refractivity contribution is 5.87. The summed E-state index contributed by atoms with van der Waals surface area (Å²) in [5.41, 5.74) is 13.8. The smallest absolute Gasteiger partial charge is 0.225 e. The van der Waals surface area contributed by atoms with Gasteiger partial charge < -0.3 is 25.3 Å². The van der Waals surface area contributed by atoms with E-state index in [0.717, 1.165) is 39.9 Å². The van der Waals surface area contributed by atoms with Crippen LogP contribution in [0.15, 0.2) is 48.7 Å². The third kappa shape index (κ3) is 3.75. The van der Waals surface area contributed by atoms with Crippen molar-refractivity contribution >= 4 is 33.6 Å². The Morgan fingerprint density at radius 3 is 2.76 bits per heavy atom. The van der Waals surface area contributed by atoms with E-state index in [4.69, 9.17) is 15.5 Å². The van der Waals surface area contributed by atoms with Crippen LogP contribution in [0, 0.1) is 13.8 Å². The minimum absolute atomic E-state index is 0.490.